The van der Waals surface area contributed by atoms with E-state index in [1.54, 1.807) is 0 Å². The van der Waals surface area contributed by atoms with E-state index in [0.717, 1.165) is 0 Å². The molecule has 0 aliphatic carbocycles. The zero-order valence-electron chi connectivity index (χ0n) is 8.24. The van der Waals surface area contributed by atoms with E-state index in [9.17, 15) is 0 Å². The quantitative estimate of drug-likeness (QED) is 0.299. The molecular formula is H2Li4O8P2. The van der Waals surface area contributed by atoms with Gasteiger partial charge in [-0.25, -0.2) is 0 Å². The Bertz CT molecular complexity index is 132. The van der Waals surface area contributed by atoms with E-state index in [0.29, 0.717) is 0 Å². The topological polar surface area (TPSA) is 167 Å². The molecule has 0 aliphatic heterocycles. The van der Waals surface area contributed by atoms with Gasteiger partial charge in [0, 0.05) is 0 Å². The van der Waals surface area contributed by atoms with Crippen LogP contribution in [0.2, 0.25) is 0 Å². The third kappa shape index (κ3) is 397. The Labute approximate surface area is 128 Å². The van der Waals surface area contributed by atoms with E-state index in [4.69, 9.17) is 38.5 Å². The molecule has 0 saturated heterocycles. The van der Waals surface area contributed by atoms with E-state index >= 15 is 0 Å². The molecule has 0 amide bonds. The summed E-state index contributed by atoms with van der Waals surface area (Å²) in [6.45, 7) is 0. The minimum Gasteiger partial charge on any atom is -0.790 e. The average Bonchev–Trinajstić information content (AvgIpc) is 1.12. The van der Waals surface area contributed by atoms with Gasteiger partial charge < -0.3 is 38.5 Å². The van der Waals surface area contributed by atoms with Crippen LogP contribution in [0.5, 0.6) is 0 Å². The van der Waals surface area contributed by atoms with Crippen molar-refractivity contribution >= 4 is 15.6 Å². The first-order valence-corrected chi connectivity index (χ1v) is 4.49. The molecule has 0 fully saturated rings. The van der Waals surface area contributed by atoms with Crippen molar-refractivity contribution < 1.29 is 114 Å². The summed E-state index contributed by atoms with van der Waals surface area (Å²) in [6, 6.07) is 0. The summed E-state index contributed by atoms with van der Waals surface area (Å²) in [5.74, 6) is 0. The van der Waals surface area contributed by atoms with Crippen molar-refractivity contribution in [2.75, 3.05) is 0 Å². The Morgan fingerprint density at radius 3 is 0.643 bits per heavy atom. The Kier molecular flexibility index (Phi) is 40.1. The second-order valence-electron chi connectivity index (χ2n) is 0.937. The zero-order valence-corrected chi connectivity index (χ0v) is 10.0. The Morgan fingerprint density at radius 1 is 0.643 bits per heavy atom. The van der Waals surface area contributed by atoms with Gasteiger partial charge in [0.05, 0.1) is 15.6 Å². The van der Waals surface area contributed by atoms with E-state index in [1.807, 2.05) is 0 Å². The molecule has 0 aromatic heterocycles. The standard InChI is InChI=1S/4Li.2H3O4P/c;;;;2*1-5(2,3)4/h;;;;2*(H3,1,2,3,4)/q4*+1;;/p-4. The van der Waals surface area contributed by atoms with E-state index in [1.165, 1.54) is 0 Å². The van der Waals surface area contributed by atoms with Crippen molar-refractivity contribution in [3.8, 4) is 0 Å². The van der Waals surface area contributed by atoms with Gasteiger partial charge in [-0.2, -0.15) is 0 Å². The zero-order chi connectivity index (χ0) is 9.00. The average molecular weight is 220 g/mol. The fourth-order valence-corrected chi connectivity index (χ4v) is 0. The monoisotopic (exact) mass is 220 g/mol. The first-order valence-electron chi connectivity index (χ1n) is 1.50. The molecule has 0 saturated carbocycles. The van der Waals surface area contributed by atoms with Crippen LogP contribution in [0.25, 0.3) is 0 Å². The molecule has 0 rings (SSSR count). The number of rotatable bonds is 0. The summed E-state index contributed by atoms with van der Waals surface area (Å²) in [5.41, 5.74) is 0. The van der Waals surface area contributed by atoms with Gasteiger partial charge in [0.2, 0.25) is 0 Å². The summed E-state index contributed by atoms with van der Waals surface area (Å²) in [7, 11) is -10.3. The first kappa shape index (κ1) is 36.0. The van der Waals surface area contributed by atoms with Crippen LogP contribution in [0.1, 0.15) is 0 Å². The molecule has 0 aliphatic rings. The SMILES string of the molecule is O=P([O-])([O-])O.O=P([O-])([O-])O.[Li+].[Li+].[Li+].[Li+]. The Morgan fingerprint density at radius 2 is 0.643 bits per heavy atom. The molecule has 0 atom stereocenters. The third-order valence-corrected chi connectivity index (χ3v) is 0. The summed E-state index contributed by atoms with van der Waals surface area (Å²) in [4.78, 5) is 48.6. The fourth-order valence-electron chi connectivity index (χ4n) is 0. The minimum absolute atomic E-state index is 0. The molecule has 0 unspecified atom stereocenters. The van der Waals surface area contributed by atoms with Gasteiger partial charge in [-0.1, -0.05) is 0 Å². The number of hydrogen-bond donors (Lipinski definition) is 2. The van der Waals surface area contributed by atoms with Crippen LogP contribution in [-0.2, 0) is 9.13 Å². The molecule has 0 spiro atoms. The molecule has 64 valence electrons. The van der Waals surface area contributed by atoms with E-state index in [-0.39, 0.29) is 75.4 Å². The van der Waals surface area contributed by atoms with Gasteiger partial charge in [-0.3, -0.25) is 0 Å². The first-order chi connectivity index (χ1) is 4.00. The second-order valence-corrected chi connectivity index (χ2v) is 2.81. The molecular weight excluding hydrogens is 218 g/mol. The van der Waals surface area contributed by atoms with Crippen LogP contribution in [0, 0.1) is 0 Å². The van der Waals surface area contributed by atoms with Crippen molar-refractivity contribution in [2.24, 2.45) is 0 Å². The van der Waals surface area contributed by atoms with Crippen molar-refractivity contribution in [3.05, 3.63) is 0 Å². The van der Waals surface area contributed by atoms with Gasteiger partial charge in [0.25, 0.3) is 0 Å². The molecule has 0 aromatic carbocycles. The maximum Gasteiger partial charge on any atom is 1.00 e. The molecule has 0 radical (unpaired) electrons. The molecule has 0 heterocycles. The Hall–Kier alpha value is 2.61. The maximum absolute atomic E-state index is 8.66. The molecule has 0 bridgehead atoms. The van der Waals surface area contributed by atoms with Crippen molar-refractivity contribution in [3.63, 3.8) is 0 Å². The van der Waals surface area contributed by atoms with Crippen molar-refractivity contribution in [1.29, 1.82) is 0 Å². The summed E-state index contributed by atoms with van der Waals surface area (Å²) < 4.78 is 17.3. The van der Waals surface area contributed by atoms with Crippen LogP contribution in [0.15, 0.2) is 0 Å². The number of hydrogen-bond acceptors (Lipinski definition) is 6. The van der Waals surface area contributed by atoms with Crippen LogP contribution in [-0.4, -0.2) is 9.79 Å². The van der Waals surface area contributed by atoms with Crippen LogP contribution < -0.4 is 95.0 Å². The van der Waals surface area contributed by atoms with Crippen molar-refractivity contribution in [2.45, 2.75) is 0 Å². The van der Waals surface area contributed by atoms with Gasteiger partial charge >= 0.3 is 75.4 Å². The molecule has 2 N–H and O–H groups in total. The molecule has 0 aromatic rings. The molecule has 14 heavy (non-hydrogen) atoms. The second kappa shape index (κ2) is 15.6. The smallest absolute Gasteiger partial charge is 0.790 e. The summed E-state index contributed by atoms with van der Waals surface area (Å²) in [6.07, 6.45) is 0. The van der Waals surface area contributed by atoms with Gasteiger partial charge in [-0.05, 0) is 0 Å². The van der Waals surface area contributed by atoms with Gasteiger partial charge in [-0.15, -0.1) is 0 Å². The van der Waals surface area contributed by atoms with E-state index in [2.05, 4.69) is 0 Å². The largest absolute Gasteiger partial charge is 1.00 e. The maximum atomic E-state index is 8.66. The van der Waals surface area contributed by atoms with Gasteiger partial charge in [0.15, 0.2) is 0 Å². The van der Waals surface area contributed by atoms with Gasteiger partial charge in [0.1, 0.15) is 0 Å². The van der Waals surface area contributed by atoms with Crippen LogP contribution in [0.3, 0.4) is 0 Å². The van der Waals surface area contributed by atoms with E-state index < -0.39 is 15.6 Å². The summed E-state index contributed by atoms with van der Waals surface area (Å²) in [5, 5.41) is 0. The third-order valence-electron chi connectivity index (χ3n) is 0. The summed E-state index contributed by atoms with van der Waals surface area (Å²) >= 11 is 0. The Balaban J connectivity index is -0.0000000178. The molecule has 14 heteroatoms. The normalized spacial score (nSPS) is 8.43. The number of phosphoric acid groups is 2. The van der Waals surface area contributed by atoms with Crippen molar-refractivity contribution in [1.82, 2.24) is 0 Å². The van der Waals surface area contributed by atoms with Crippen LogP contribution >= 0.6 is 15.6 Å². The predicted octanol–water partition coefficient (Wildman–Crippen LogP) is -16.4. The predicted molar refractivity (Wildman–Crippen MR) is 19.7 cm³/mol. The molecule has 8 nitrogen and oxygen atoms in total. The van der Waals surface area contributed by atoms with Crippen LogP contribution in [0.4, 0.5) is 0 Å². The fraction of sp³-hybridized carbons (Fsp3) is 0. The minimum atomic E-state index is -5.14.